The Bertz CT molecular complexity index is 1080. The van der Waals surface area contributed by atoms with Crippen molar-refractivity contribution in [3.63, 3.8) is 0 Å². The van der Waals surface area contributed by atoms with E-state index in [0.717, 1.165) is 24.0 Å². The molecule has 1 saturated carbocycles. The van der Waals surface area contributed by atoms with Crippen LogP contribution in [0.4, 0.5) is 4.39 Å². The Morgan fingerprint density at radius 3 is 2.67 bits per heavy atom. The van der Waals surface area contributed by atoms with Crippen molar-refractivity contribution < 1.29 is 33.0 Å². The Morgan fingerprint density at radius 1 is 1.15 bits per heavy atom. The van der Waals surface area contributed by atoms with E-state index in [1.165, 1.54) is 38.4 Å². The molecule has 9 heteroatoms. The fraction of sp³-hybridized carbons (Fsp3) is 0.417. The molecule has 0 aliphatic heterocycles. The highest BCUT2D eigenvalue weighted by molar-refractivity contribution is 5.98. The van der Waals surface area contributed by atoms with Crippen molar-refractivity contribution in [1.82, 2.24) is 10.3 Å². The monoisotopic (exact) mass is 456 g/mol. The Morgan fingerprint density at radius 2 is 1.94 bits per heavy atom. The van der Waals surface area contributed by atoms with Crippen molar-refractivity contribution in [2.24, 2.45) is 5.92 Å². The number of carbonyl (C=O) groups excluding carboxylic acids is 3. The second kappa shape index (κ2) is 9.56. The first kappa shape index (κ1) is 22.7. The molecule has 174 valence electrons. The van der Waals surface area contributed by atoms with Crippen LogP contribution in [0.25, 0.3) is 0 Å². The van der Waals surface area contributed by atoms with Crippen LogP contribution in [0.15, 0.2) is 30.5 Å². The summed E-state index contributed by atoms with van der Waals surface area (Å²) in [6.07, 6.45) is 4.14. The molecule has 33 heavy (non-hydrogen) atoms. The van der Waals surface area contributed by atoms with Crippen molar-refractivity contribution in [2.75, 3.05) is 7.11 Å². The fourth-order valence-corrected chi connectivity index (χ4v) is 3.74. The lowest BCUT2D eigenvalue weighted by Gasteiger charge is -2.26. The molecular formula is C24H25FN2O6. The van der Waals surface area contributed by atoms with E-state index in [-0.39, 0.29) is 35.0 Å². The van der Waals surface area contributed by atoms with E-state index in [1.54, 1.807) is 6.07 Å². The minimum Gasteiger partial charge on any atom is -0.493 e. The molecule has 2 atom stereocenters. The van der Waals surface area contributed by atoms with Crippen LogP contribution >= 0.6 is 0 Å². The van der Waals surface area contributed by atoms with Gasteiger partial charge in [-0.3, -0.25) is 9.59 Å². The first-order chi connectivity index (χ1) is 15.9. The summed E-state index contributed by atoms with van der Waals surface area (Å²) in [6, 6.07) is 5.11. The molecule has 1 unspecified atom stereocenters. The number of ether oxygens (including phenoxy) is 3. The maximum absolute atomic E-state index is 13.4. The lowest BCUT2D eigenvalue weighted by molar-refractivity contribution is -0.151. The summed E-state index contributed by atoms with van der Waals surface area (Å²) in [6.45, 7) is 1.50. The summed E-state index contributed by atoms with van der Waals surface area (Å²) < 4.78 is 29.6. The molecule has 1 aromatic heterocycles. The quantitative estimate of drug-likeness (QED) is 0.639. The molecule has 1 fully saturated rings. The van der Waals surface area contributed by atoms with Gasteiger partial charge >= 0.3 is 11.9 Å². The van der Waals surface area contributed by atoms with Gasteiger partial charge in [0.2, 0.25) is 5.75 Å². The van der Waals surface area contributed by atoms with E-state index < -0.39 is 23.9 Å². The van der Waals surface area contributed by atoms with E-state index in [2.05, 4.69) is 10.3 Å². The molecule has 1 heterocycles. The van der Waals surface area contributed by atoms with Crippen LogP contribution in [0.2, 0.25) is 0 Å². The predicted molar refractivity (Wildman–Crippen MR) is 114 cm³/mol. The van der Waals surface area contributed by atoms with Gasteiger partial charge in [0.15, 0.2) is 11.4 Å². The molecule has 0 spiro atoms. The zero-order valence-electron chi connectivity index (χ0n) is 18.4. The van der Waals surface area contributed by atoms with Gasteiger partial charge in [0.05, 0.1) is 13.0 Å². The molecule has 1 amide bonds. The highest BCUT2D eigenvalue weighted by atomic mass is 19.1. The second-order valence-electron chi connectivity index (χ2n) is 8.30. The van der Waals surface area contributed by atoms with Gasteiger partial charge in [-0.15, -0.1) is 0 Å². The van der Waals surface area contributed by atoms with Gasteiger partial charge in [0.25, 0.3) is 5.91 Å². The molecule has 4 rings (SSSR count). The third kappa shape index (κ3) is 5.30. The van der Waals surface area contributed by atoms with E-state index in [9.17, 15) is 18.8 Å². The predicted octanol–water partition coefficient (Wildman–Crippen LogP) is 2.76. The van der Waals surface area contributed by atoms with Gasteiger partial charge in [0.1, 0.15) is 18.0 Å². The number of halogens is 1. The zero-order valence-corrected chi connectivity index (χ0v) is 18.4. The number of pyridine rings is 1. The standard InChI is InChI=1S/C24H25FN2O6/c1-13(23(29)32-18-8-6-15-11-17(25)7-5-16(15)12-18)27-22(28)20-21(19(31-2)9-10-26-20)33-24(30)14-3-4-14/h5,7,9-11,13-14,18H,3-4,6,8,12H2,1-2H3,(H,27,28)/t13-,18?/m0/s1. The highest BCUT2D eigenvalue weighted by Crippen LogP contribution is 2.35. The van der Waals surface area contributed by atoms with Gasteiger partial charge in [-0.25, -0.2) is 14.2 Å². The van der Waals surface area contributed by atoms with Crippen LogP contribution in [-0.4, -0.2) is 42.1 Å². The van der Waals surface area contributed by atoms with Crippen molar-refractivity contribution in [3.8, 4) is 11.5 Å². The van der Waals surface area contributed by atoms with Gasteiger partial charge in [-0.05, 0) is 55.9 Å². The topological polar surface area (TPSA) is 104 Å². The van der Waals surface area contributed by atoms with Gasteiger partial charge in [-0.2, -0.15) is 0 Å². The number of rotatable bonds is 7. The number of nitrogens with zero attached hydrogens (tertiary/aromatic N) is 1. The molecule has 1 N–H and O–H groups in total. The lowest BCUT2D eigenvalue weighted by Crippen LogP contribution is -2.42. The third-order valence-corrected chi connectivity index (χ3v) is 5.75. The minimum absolute atomic E-state index is 0.0777. The maximum atomic E-state index is 13.4. The number of carbonyl (C=O) groups is 3. The number of esters is 2. The minimum atomic E-state index is -0.966. The van der Waals surface area contributed by atoms with E-state index in [4.69, 9.17) is 14.2 Å². The van der Waals surface area contributed by atoms with Gasteiger partial charge in [0, 0.05) is 18.7 Å². The number of hydrogen-bond donors (Lipinski definition) is 1. The molecule has 2 aliphatic carbocycles. The fourth-order valence-electron chi connectivity index (χ4n) is 3.74. The SMILES string of the molecule is COc1ccnc(C(=O)N[C@@H](C)C(=O)OC2CCc3cc(F)ccc3C2)c1OC(=O)C1CC1. The second-order valence-corrected chi connectivity index (χ2v) is 8.30. The average molecular weight is 456 g/mol. The Labute approximate surface area is 190 Å². The van der Waals surface area contributed by atoms with Crippen LogP contribution < -0.4 is 14.8 Å². The summed E-state index contributed by atoms with van der Waals surface area (Å²) in [4.78, 5) is 41.6. The molecule has 1 aromatic carbocycles. The molecular weight excluding hydrogens is 431 g/mol. The molecule has 2 aliphatic rings. The molecule has 2 aromatic rings. The number of fused-ring (bicyclic) bond motifs is 1. The molecule has 0 saturated heterocycles. The van der Waals surface area contributed by atoms with Gasteiger partial charge in [-0.1, -0.05) is 6.07 Å². The first-order valence-electron chi connectivity index (χ1n) is 10.9. The summed E-state index contributed by atoms with van der Waals surface area (Å²) in [5.74, 6) is -2.09. The lowest BCUT2D eigenvalue weighted by atomic mass is 9.89. The van der Waals surface area contributed by atoms with Gasteiger partial charge < -0.3 is 19.5 Å². The maximum Gasteiger partial charge on any atom is 0.328 e. The van der Waals surface area contributed by atoms with Crippen molar-refractivity contribution >= 4 is 17.8 Å². The van der Waals surface area contributed by atoms with Crippen LogP contribution in [0.3, 0.4) is 0 Å². The van der Waals surface area contributed by atoms with Crippen molar-refractivity contribution in [2.45, 2.75) is 51.2 Å². The summed E-state index contributed by atoms with van der Waals surface area (Å²) in [5.41, 5.74) is 1.71. The summed E-state index contributed by atoms with van der Waals surface area (Å²) >= 11 is 0. The largest absolute Gasteiger partial charge is 0.493 e. The van der Waals surface area contributed by atoms with E-state index in [1.807, 2.05) is 0 Å². The smallest absolute Gasteiger partial charge is 0.328 e. The normalized spacial score (nSPS) is 18.0. The van der Waals surface area contributed by atoms with E-state index >= 15 is 0 Å². The number of amides is 1. The molecule has 0 bridgehead atoms. The molecule has 0 radical (unpaired) electrons. The number of methoxy groups -OCH3 is 1. The highest BCUT2D eigenvalue weighted by Gasteiger charge is 2.34. The van der Waals surface area contributed by atoms with Crippen LogP contribution in [0.5, 0.6) is 11.5 Å². The van der Waals surface area contributed by atoms with Crippen molar-refractivity contribution in [3.05, 3.63) is 53.1 Å². The number of aromatic nitrogens is 1. The number of nitrogens with one attached hydrogen (secondary N) is 1. The Balaban J connectivity index is 1.39. The van der Waals surface area contributed by atoms with Crippen LogP contribution in [0.1, 0.15) is 47.8 Å². The number of benzene rings is 1. The van der Waals surface area contributed by atoms with Crippen LogP contribution in [-0.2, 0) is 27.2 Å². The average Bonchev–Trinajstić information content (AvgIpc) is 3.64. The zero-order chi connectivity index (χ0) is 23.5. The summed E-state index contributed by atoms with van der Waals surface area (Å²) in [7, 11) is 1.39. The summed E-state index contributed by atoms with van der Waals surface area (Å²) in [5, 5.41) is 2.55. The first-order valence-corrected chi connectivity index (χ1v) is 10.9. The third-order valence-electron chi connectivity index (χ3n) is 5.75. The molecule has 8 nitrogen and oxygen atoms in total. The van der Waals surface area contributed by atoms with E-state index in [0.29, 0.717) is 19.3 Å². The van der Waals surface area contributed by atoms with Crippen LogP contribution in [0, 0.1) is 11.7 Å². The number of aryl methyl sites for hydroxylation is 1. The Hall–Kier alpha value is -3.49. The Kier molecular flexibility index (Phi) is 6.57. The van der Waals surface area contributed by atoms with Crippen molar-refractivity contribution in [1.29, 1.82) is 0 Å². The number of hydrogen-bond acceptors (Lipinski definition) is 7.